The van der Waals surface area contributed by atoms with Crippen molar-refractivity contribution in [2.24, 2.45) is 11.8 Å². The second-order valence-electron chi connectivity index (χ2n) is 7.56. The van der Waals surface area contributed by atoms with E-state index in [1.54, 1.807) is 18.2 Å². The Morgan fingerprint density at radius 3 is 2.67 bits per heavy atom. The van der Waals surface area contributed by atoms with Crippen LogP contribution in [-0.4, -0.2) is 48.5 Å². The zero-order valence-corrected chi connectivity index (χ0v) is 16.7. The van der Waals surface area contributed by atoms with E-state index in [4.69, 9.17) is 16.3 Å². The number of fused-ring (bicyclic) bond motifs is 1. The van der Waals surface area contributed by atoms with Gasteiger partial charge >= 0.3 is 5.97 Å². The minimum Gasteiger partial charge on any atom is -0.464 e. The van der Waals surface area contributed by atoms with Crippen LogP contribution >= 0.6 is 11.6 Å². The van der Waals surface area contributed by atoms with Crippen LogP contribution in [0.5, 0.6) is 0 Å². The Bertz CT molecular complexity index is 838. The van der Waals surface area contributed by atoms with E-state index in [0.717, 1.165) is 13.1 Å². The second kappa shape index (κ2) is 8.31. The Morgan fingerprint density at radius 2 is 2.00 bits per heavy atom. The number of anilines is 1. The lowest BCUT2D eigenvalue weighted by atomic mass is 9.92. The van der Waals surface area contributed by atoms with Gasteiger partial charge in [0, 0.05) is 42.0 Å². The number of halogens is 1. The molecule has 7 heteroatoms. The maximum Gasteiger partial charge on any atom is 0.356 e. The molecule has 1 fully saturated rings. The lowest BCUT2D eigenvalue weighted by Crippen LogP contribution is -2.40. The van der Waals surface area contributed by atoms with Crippen LogP contribution in [0.4, 0.5) is 5.69 Å². The molecule has 146 valence electrons. The lowest BCUT2D eigenvalue weighted by Gasteiger charge is -2.34. The maximum atomic E-state index is 12.6. The van der Waals surface area contributed by atoms with Crippen molar-refractivity contribution in [2.75, 3.05) is 32.1 Å². The van der Waals surface area contributed by atoms with Gasteiger partial charge in [-0.3, -0.25) is 4.79 Å². The van der Waals surface area contributed by atoms with Gasteiger partial charge in [0.15, 0.2) is 0 Å². The first-order valence-corrected chi connectivity index (χ1v) is 9.67. The molecule has 2 heterocycles. The van der Waals surface area contributed by atoms with E-state index < -0.39 is 5.97 Å². The summed E-state index contributed by atoms with van der Waals surface area (Å²) in [5, 5.41) is 4.10. The molecule has 6 nitrogen and oxygen atoms in total. The van der Waals surface area contributed by atoms with Gasteiger partial charge in [0.1, 0.15) is 5.69 Å². The molecule has 1 aliphatic rings. The molecule has 2 N–H and O–H groups in total. The normalized spacial score (nSPS) is 20.6. The highest BCUT2D eigenvalue weighted by molar-refractivity contribution is 6.31. The third-order valence-electron chi connectivity index (χ3n) is 5.01. The van der Waals surface area contributed by atoms with Gasteiger partial charge < -0.3 is 19.9 Å². The fourth-order valence-corrected chi connectivity index (χ4v) is 4.16. The molecule has 0 aliphatic carbocycles. The highest BCUT2D eigenvalue weighted by Gasteiger charge is 2.23. The molecule has 0 radical (unpaired) electrons. The second-order valence-corrected chi connectivity index (χ2v) is 8.00. The smallest absolute Gasteiger partial charge is 0.356 e. The van der Waals surface area contributed by atoms with Gasteiger partial charge in [-0.1, -0.05) is 25.4 Å². The molecule has 2 atom stereocenters. The Labute approximate surface area is 164 Å². The number of methoxy groups -OCH3 is 1. The highest BCUT2D eigenvalue weighted by atomic mass is 35.5. The van der Waals surface area contributed by atoms with Crippen LogP contribution in [0.15, 0.2) is 18.2 Å². The van der Waals surface area contributed by atoms with Crippen molar-refractivity contribution in [1.82, 2.24) is 9.88 Å². The first kappa shape index (κ1) is 19.7. The molecule has 1 saturated heterocycles. The van der Waals surface area contributed by atoms with Crippen LogP contribution < -0.4 is 5.32 Å². The zero-order chi connectivity index (χ0) is 19.6. The summed E-state index contributed by atoms with van der Waals surface area (Å²) >= 11 is 6.09. The average molecular weight is 392 g/mol. The standard InChI is InChI=1S/C20H26ClN3O3/c1-12-8-13(2)11-24(10-12)7-6-17(25)23-18-15-9-14(21)4-5-16(15)22-19(18)20(26)27-3/h4-5,9,12-13,22H,6-8,10-11H2,1-3H3,(H,23,25). The van der Waals surface area contributed by atoms with Crippen LogP contribution in [-0.2, 0) is 9.53 Å². The first-order chi connectivity index (χ1) is 12.9. The summed E-state index contributed by atoms with van der Waals surface area (Å²) < 4.78 is 4.83. The molecule has 1 aromatic heterocycles. The van der Waals surface area contributed by atoms with Crippen LogP contribution in [0.2, 0.25) is 5.02 Å². The minimum absolute atomic E-state index is 0.132. The van der Waals surface area contributed by atoms with Crippen molar-refractivity contribution in [3.8, 4) is 0 Å². The number of nitrogens with zero attached hydrogens (tertiary/aromatic N) is 1. The van der Waals surface area contributed by atoms with Crippen LogP contribution in [0.3, 0.4) is 0 Å². The van der Waals surface area contributed by atoms with Crippen LogP contribution in [0.25, 0.3) is 10.9 Å². The number of piperidine rings is 1. The van der Waals surface area contributed by atoms with E-state index in [-0.39, 0.29) is 11.6 Å². The van der Waals surface area contributed by atoms with Gasteiger partial charge in [0.2, 0.25) is 5.91 Å². The molecule has 1 amide bonds. The largest absolute Gasteiger partial charge is 0.464 e. The number of amides is 1. The van der Waals surface area contributed by atoms with Gasteiger partial charge in [-0.2, -0.15) is 0 Å². The van der Waals surface area contributed by atoms with E-state index in [1.165, 1.54) is 13.5 Å². The highest BCUT2D eigenvalue weighted by Crippen LogP contribution is 2.31. The van der Waals surface area contributed by atoms with Gasteiger partial charge in [-0.25, -0.2) is 4.79 Å². The number of benzene rings is 1. The number of carbonyl (C=O) groups excluding carboxylic acids is 2. The third kappa shape index (κ3) is 4.62. The number of carbonyl (C=O) groups is 2. The molecular weight excluding hydrogens is 366 g/mol. The van der Waals surface area contributed by atoms with E-state index in [1.807, 2.05) is 0 Å². The molecule has 0 spiro atoms. The number of H-pyrrole nitrogens is 1. The van der Waals surface area contributed by atoms with Crippen molar-refractivity contribution in [2.45, 2.75) is 26.7 Å². The first-order valence-electron chi connectivity index (χ1n) is 9.29. The van der Waals surface area contributed by atoms with Crippen molar-refractivity contribution in [1.29, 1.82) is 0 Å². The number of likely N-dealkylation sites (tertiary alicyclic amines) is 1. The zero-order valence-electron chi connectivity index (χ0n) is 16.0. The van der Waals surface area contributed by atoms with E-state index in [2.05, 4.69) is 29.0 Å². The molecule has 0 saturated carbocycles. The molecule has 1 aromatic carbocycles. The van der Waals surface area contributed by atoms with Crippen LogP contribution in [0.1, 0.15) is 37.2 Å². The van der Waals surface area contributed by atoms with Crippen molar-refractivity contribution in [3.63, 3.8) is 0 Å². The SMILES string of the molecule is COC(=O)c1[nH]c2ccc(Cl)cc2c1NC(=O)CCN1CC(C)CC(C)C1. The van der Waals surface area contributed by atoms with Gasteiger partial charge in [0.25, 0.3) is 0 Å². The molecule has 1 aliphatic heterocycles. The Balaban J connectivity index is 1.74. The monoisotopic (exact) mass is 391 g/mol. The minimum atomic E-state index is -0.531. The Hall–Kier alpha value is -2.05. The lowest BCUT2D eigenvalue weighted by molar-refractivity contribution is -0.116. The number of esters is 1. The average Bonchev–Trinajstić information content (AvgIpc) is 2.96. The molecule has 3 rings (SSSR count). The van der Waals surface area contributed by atoms with Gasteiger partial charge in [-0.05, 0) is 36.5 Å². The maximum absolute atomic E-state index is 12.6. The molecule has 2 aromatic rings. The number of hydrogen-bond donors (Lipinski definition) is 2. The van der Waals surface area contributed by atoms with Crippen molar-refractivity contribution >= 4 is 40.1 Å². The summed E-state index contributed by atoms with van der Waals surface area (Å²) in [5.74, 6) is 0.639. The van der Waals surface area contributed by atoms with E-state index in [9.17, 15) is 9.59 Å². The third-order valence-corrected chi connectivity index (χ3v) is 5.25. The molecule has 0 bridgehead atoms. The van der Waals surface area contributed by atoms with Crippen molar-refractivity contribution in [3.05, 3.63) is 28.9 Å². The summed E-state index contributed by atoms with van der Waals surface area (Å²) in [6, 6.07) is 5.23. The van der Waals surface area contributed by atoms with Crippen LogP contribution in [0, 0.1) is 11.8 Å². The molecule has 2 unspecified atom stereocenters. The Kier molecular flexibility index (Phi) is 6.07. The summed E-state index contributed by atoms with van der Waals surface area (Å²) in [6.07, 6.45) is 1.61. The topological polar surface area (TPSA) is 74.4 Å². The Morgan fingerprint density at radius 1 is 1.30 bits per heavy atom. The predicted molar refractivity (Wildman–Crippen MR) is 107 cm³/mol. The summed E-state index contributed by atoms with van der Waals surface area (Å²) in [7, 11) is 1.31. The fraction of sp³-hybridized carbons (Fsp3) is 0.500. The van der Waals surface area contributed by atoms with E-state index >= 15 is 0 Å². The summed E-state index contributed by atoms with van der Waals surface area (Å²) in [5.41, 5.74) is 1.36. The number of ether oxygens (including phenoxy) is 1. The summed E-state index contributed by atoms with van der Waals surface area (Å²) in [4.78, 5) is 30.0. The molecule has 27 heavy (non-hydrogen) atoms. The number of rotatable bonds is 5. The van der Waals surface area contributed by atoms with Gasteiger partial charge in [-0.15, -0.1) is 0 Å². The number of hydrogen-bond acceptors (Lipinski definition) is 4. The number of aromatic nitrogens is 1. The number of aromatic amines is 1. The molecular formula is C20H26ClN3O3. The quantitative estimate of drug-likeness (QED) is 0.757. The predicted octanol–water partition coefficient (Wildman–Crippen LogP) is 3.91. The van der Waals surface area contributed by atoms with Gasteiger partial charge in [0.05, 0.1) is 12.8 Å². The number of nitrogens with one attached hydrogen (secondary N) is 2. The van der Waals surface area contributed by atoms with Crippen molar-refractivity contribution < 1.29 is 14.3 Å². The fourth-order valence-electron chi connectivity index (χ4n) is 3.99. The van der Waals surface area contributed by atoms with E-state index in [0.29, 0.717) is 46.4 Å². The summed E-state index contributed by atoms with van der Waals surface area (Å²) in [6.45, 7) is 7.25.